The van der Waals surface area contributed by atoms with Crippen molar-refractivity contribution in [2.75, 3.05) is 44.4 Å². The molecule has 0 aliphatic carbocycles. The van der Waals surface area contributed by atoms with Gasteiger partial charge in [0.05, 0.1) is 48.5 Å². The van der Waals surface area contributed by atoms with Crippen LogP contribution in [0.1, 0.15) is 108 Å². The number of nitrogens with one attached hydrogen (secondary N) is 3. The van der Waals surface area contributed by atoms with Gasteiger partial charge in [0.15, 0.2) is 12.6 Å². The molecule has 2 aromatic carbocycles. The number of rotatable bonds is 13. The van der Waals surface area contributed by atoms with E-state index in [-0.39, 0.29) is 51.2 Å². The number of urea groups is 2. The summed E-state index contributed by atoms with van der Waals surface area (Å²) in [5, 5.41) is 69.8. The lowest BCUT2D eigenvalue weighted by molar-refractivity contribution is -0.338. The monoisotopic (exact) mass is 1070 g/mol. The molecule has 3 heterocycles. The van der Waals surface area contributed by atoms with Crippen LogP contribution in [0.4, 0.5) is 29.7 Å². The van der Waals surface area contributed by atoms with Crippen molar-refractivity contribution in [3.63, 3.8) is 0 Å². The van der Waals surface area contributed by atoms with Gasteiger partial charge in [-0.1, -0.05) is 27.7 Å². The van der Waals surface area contributed by atoms with Crippen molar-refractivity contribution < 1.29 is 77.1 Å². The molecule has 8 N–H and O–H groups in total. The molecule has 3 fully saturated rings. The van der Waals surface area contributed by atoms with Gasteiger partial charge in [0.25, 0.3) is 0 Å². The van der Waals surface area contributed by atoms with Crippen LogP contribution >= 0.6 is 0 Å². The Morgan fingerprint density at radius 3 is 1.97 bits per heavy atom. The van der Waals surface area contributed by atoms with Crippen molar-refractivity contribution in [1.29, 1.82) is 0 Å². The summed E-state index contributed by atoms with van der Waals surface area (Å²) in [4.78, 5) is 44.8. The summed E-state index contributed by atoms with van der Waals surface area (Å²) in [6.07, 6.45) is -10.4. The summed E-state index contributed by atoms with van der Waals surface area (Å²) in [6, 6.07) is 7.76. The Labute approximate surface area is 440 Å². The molecule has 75 heavy (non-hydrogen) atoms. The largest absolute Gasteiger partial charge is 0.459 e. The number of anilines is 2. The van der Waals surface area contributed by atoms with E-state index in [0.29, 0.717) is 17.8 Å². The molecule has 0 bridgehead atoms. The number of methoxy groups -OCH3 is 1. The number of likely N-dealkylation sites (N-methyl/N-ethyl adjacent to an activating group) is 1. The van der Waals surface area contributed by atoms with Crippen molar-refractivity contribution in [3.8, 4) is 0 Å². The minimum atomic E-state index is -1.93. The lowest BCUT2D eigenvalue weighted by Crippen LogP contribution is -2.70. The molecule has 3 aliphatic heterocycles. The van der Waals surface area contributed by atoms with Gasteiger partial charge in [0.2, 0.25) is 0 Å². The summed E-state index contributed by atoms with van der Waals surface area (Å²) >= 11 is 0. The van der Waals surface area contributed by atoms with E-state index in [0.717, 1.165) is 0 Å². The van der Waals surface area contributed by atoms with Crippen LogP contribution in [0.2, 0.25) is 0 Å². The standard InChI is InChI=1S/C54H85F2N5O14/c1-14-24-61(50(66)59-39-22-18-37(56)19-23-39)29-54(69)35(8)72-42(27-52(54,10)70-13)74-44-32(5)46(75-48-43(62)40(25-31(4)71-48)60(12)49(65)58-38-20-16-36(55)17-21-38)51(9,67)26-30(3)28-57-34(7)45(63)53(11,68)41(15-2)73-47(64)33(44)6/h16-23,30-35,40-46,48,57,62-63,67-69H,14-15,24-29H2,1-13H3,(H,58,65)(H,59,66)/t30-,31-,32+,33-,34-,35+,40+,41?,42+,43-,44+,45-,46-,48+,51-,52-,53?,54+/m1/s1. The molecule has 5 rings (SSSR count). The molecule has 4 amide bonds. The van der Waals surface area contributed by atoms with Gasteiger partial charge in [-0.05, 0) is 135 Å². The van der Waals surface area contributed by atoms with Gasteiger partial charge >= 0.3 is 18.0 Å². The van der Waals surface area contributed by atoms with Crippen LogP contribution in [0.5, 0.6) is 0 Å². The molecule has 0 radical (unpaired) electrons. The van der Waals surface area contributed by atoms with Gasteiger partial charge < -0.3 is 79.7 Å². The highest BCUT2D eigenvalue weighted by Crippen LogP contribution is 2.44. The van der Waals surface area contributed by atoms with Crippen LogP contribution in [-0.4, -0.2) is 177 Å². The normalized spacial score (nSPS) is 38.3. The third kappa shape index (κ3) is 14.5. The first-order valence-electron chi connectivity index (χ1n) is 26.3. The Bertz CT molecular complexity index is 2180. The first-order chi connectivity index (χ1) is 35.0. The molecule has 3 saturated heterocycles. The smallest absolute Gasteiger partial charge is 0.321 e. The van der Waals surface area contributed by atoms with E-state index in [1.807, 2.05) is 13.8 Å². The lowest BCUT2D eigenvalue weighted by Gasteiger charge is -2.54. The Morgan fingerprint density at radius 2 is 1.43 bits per heavy atom. The average Bonchev–Trinajstić information content (AvgIpc) is 3.35. The maximum Gasteiger partial charge on any atom is 0.321 e. The number of carbonyl (C=O) groups is 3. The zero-order chi connectivity index (χ0) is 56.0. The Balaban J connectivity index is 1.53. The molecule has 21 heteroatoms. The summed E-state index contributed by atoms with van der Waals surface area (Å²) in [7, 11) is 2.91. The topological polar surface area (TPSA) is 250 Å². The summed E-state index contributed by atoms with van der Waals surface area (Å²) in [5.74, 6) is -4.34. The molecule has 424 valence electrons. The summed E-state index contributed by atoms with van der Waals surface area (Å²) in [6.45, 7) is 18.6. The predicted octanol–water partition coefficient (Wildman–Crippen LogP) is 5.75. The fourth-order valence-electron chi connectivity index (χ4n) is 11.0. The molecule has 2 unspecified atom stereocenters. The number of hydrogen-bond donors (Lipinski definition) is 8. The zero-order valence-electron chi connectivity index (χ0n) is 45.9. The predicted molar refractivity (Wildman–Crippen MR) is 275 cm³/mol. The van der Waals surface area contributed by atoms with Crippen LogP contribution in [0, 0.1) is 29.4 Å². The highest BCUT2D eigenvalue weighted by atomic mass is 19.1. The minimum Gasteiger partial charge on any atom is -0.459 e. The molecule has 18 atom stereocenters. The van der Waals surface area contributed by atoms with Gasteiger partial charge in [0.1, 0.15) is 46.7 Å². The number of carbonyl (C=O) groups excluding carboxylic acids is 3. The van der Waals surface area contributed by atoms with Crippen molar-refractivity contribution in [1.82, 2.24) is 15.1 Å². The maximum atomic E-state index is 14.7. The first kappa shape index (κ1) is 61.7. The second kappa shape index (κ2) is 25.6. The van der Waals surface area contributed by atoms with Crippen LogP contribution in [0.25, 0.3) is 0 Å². The van der Waals surface area contributed by atoms with Gasteiger partial charge in [-0.15, -0.1) is 0 Å². The molecular weight excluding hydrogens is 981 g/mol. The molecule has 0 aromatic heterocycles. The maximum absolute atomic E-state index is 14.7. The minimum absolute atomic E-state index is 0.0495. The molecule has 2 aromatic rings. The zero-order valence-corrected chi connectivity index (χ0v) is 45.9. The van der Waals surface area contributed by atoms with Gasteiger partial charge in [-0.2, -0.15) is 0 Å². The van der Waals surface area contributed by atoms with Crippen LogP contribution in [-0.2, 0) is 33.2 Å². The highest BCUT2D eigenvalue weighted by Gasteiger charge is 2.59. The number of cyclic esters (lactones) is 1. The van der Waals surface area contributed by atoms with E-state index in [1.54, 1.807) is 55.4 Å². The number of hydrogen-bond acceptors (Lipinski definition) is 15. The summed E-state index contributed by atoms with van der Waals surface area (Å²) in [5.41, 5.74) is -6.43. The lowest BCUT2D eigenvalue weighted by atomic mass is 9.74. The van der Waals surface area contributed by atoms with Crippen molar-refractivity contribution in [3.05, 3.63) is 60.2 Å². The van der Waals surface area contributed by atoms with Crippen molar-refractivity contribution in [2.45, 2.75) is 198 Å². The van der Waals surface area contributed by atoms with E-state index in [1.165, 1.54) is 79.4 Å². The Hall–Kier alpha value is -4.13. The Kier molecular flexibility index (Phi) is 21.0. The van der Waals surface area contributed by atoms with Crippen molar-refractivity contribution in [2.24, 2.45) is 17.8 Å². The number of aliphatic hydroxyl groups excluding tert-OH is 2. The van der Waals surface area contributed by atoms with E-state index in [9.17, 15) is 48.7 Å². The number of halogens is 2. The number of ether oxygens (including phenoxy) is 6. The average molecular weight is 1070 g/mol. The van der Waals surface area contributed by atoms with Crippen LogP contribution in [0.3, 0.4) is 0 Å². The number of aliphatic hydroxyl groups is 5. The second-order valence-corrected chi connectivity index (χ2v) is 22.0. The fraction of sp³-hybridized carbons (Fsp3) is 0.722. The van der Waals surface area contributed by atoms with Gasteiger partial charge in [0, 0.05) is 50.5 Å². The van der Waals surface area contributed by atoms with Crippen LogP contribution < -0.4 is 16.0 Å². The third-order valence-electron chi connectivity index (χ3n) is 15.8. The van der Waals surface area contributed by atoms with E-state index in [4.69, 9.17) is 28.4 Å². The Morgan fingerprint density at radius 1 is 0.853 bits per heavy atom. The van der Waals surface area contributed by atoms with Crippen molar-refractivity contribution >= 4 is 29.4 Å². The third-order valence-corrected chi connectivity index (χ3v) is 15.8. The van der Waals surface area contributed by atoms with E-state index < -0.39 is 131 Å². The van der Waals surface area contributed by atoms with Crippen LogP contribution in [0.15, 0.2) is 48.5 Å². The van der Waals surface area contributed by atoms with Gasteiger partial charge in [-0.3, -0.25) is 4.79 Å². The molecular formula is C54H85F2N5O14. The molecule has 19 nitrogen and oxygen atoms in total. The quantitative estimate of drug-likeness (QED) is 0.111. The number of amides is 4. The number of esters is 1. The molecule has 0 spiro atoms. The first-order valence-corrected chi connectivity index (χ1v) is 26.3. The SMILES string of the molecule is CCCN(C[C@]1(O)[C@H](C)O[C@@H](O[C@H]2[C@H](C)[C@@H](O[C@@H]3O[C@H](C)C[C@H](N(C)C(=O)Nc4ccc(F)cc4)[C@H]3O)[C@](C)(O)C[C@@H](C)CN[C@H](C)[C@@H](O)C(C)(O)C(CC)OC(=O)[C@@H]2C)C[C@@]1(C)OC)C(=O)Nc1ccc(F)cc1. The number of benzene rings is 2. The van der Waals surface area contributed by atoms with E-state index >= 15 is 0 Å². The molecule has 3 aliphatic rings. The highest BCUT2D eigenvalue weighted by molar-refractivity contribution is 5.90. The summed E-state index contributed by atoms with van der Waals surface area (Å²) < 4.78 is 66.2. The second-order valence-electron chi connectivity index (χ2n) is 22.0. The molecule has 0 saturated carbocycles. The number of nitrogens with zero attached hydrogens (tertiary/aromatic N) is 2. The fourth-order valence-corrected chi connectivity index (χ4v) is 11.0. The van der Waals surface area contributed by atoms with E-state index in [2.05, 4.69) is 16.0 Å². The van der Waals surface area contributed by atoms with Gasteiger partial charge in [-0.25, -0.2) is 18.4 Å².